The van der Waals surface area contributed by atoms with Crippen LogP contribution >= 0.6 is 11.6 Å². The van der Waals surface area contributed by atoms with Gasteiger partial charge in [-0.3, -0.25) is 9.59 Å². The van der Waals surface area contributed by atoms with Crippen LogP contribution in [0.1, 0.15) is 38.3 Å². The van der Waals surface area contributed by atoms with Crippen LogP contribution in [0.25, 0.3) is 0 Å². The van der Waals surface area contributed by atoms with Gasteiger partial charge in [0, 0.05) is 16.5 Å². The van der Waals surface area contributed by atoms with Crippen molar-refractivity contribution >= 4 is 35.3 Å². The minimum Gasteiger partial charge on any atom is -0.446 e. The molecule has 3 unspecified atom stereocenters. The van der Waals surface area contributed by atoms with Crippen LogP contribution in [0.4, 0.5) is 23.7 Å². The van der Waals surface area contributed by atoms with Gasteiger partial charge in [0.1, 0.15) is 0 Å². The number of carbonyl (C=O) groups is 3. The van der Waals surface area contributed by atoms with Gasteiger partial charge in [0.25, 0.3) is 11.5 Å². The predicted molar refractivity (Wildman–Crippen MR) is 126 cm³/mol. The van der Waals surface area contributed by atoms with Crippen molar-refractivity contribution in [2.45, 2.75) is 49.9 Å². The molecule has 0 radical (unpaired) electrons. The van der Waals surface area contributed by atoms with Gasteiger partial charge in [0.15, 0.2) is 0 Å². The van der Waals surface area contributed by atoms with Crippen molar-refractivity contribution in [1.82, 2.24) is 0 Å². The molecule has 2 fully saturated rings. The third kappa shape index (κ3) is 3.05. The Morgan fingerprint density at radius 2 is 1.65 bits per heavy atom. The molecule has 2 aromatic carbocycles. The highest BCUT2D eigenvalue weighted by Crippen LogP contribution is 2.67. The maximum absolute atomic E-state index is 14.6. The van der Waals surface area contributed by atoms with Crippen LogP contribution in [0, 0.1) is 22.7 Å². The van der Waals surface area contributed by atoms with E-state index in [1.54, 1.807) is 39.0 Å². The van der Waals surface area contributed by atoms with E-state index in [0.717, 1.165) is 6.07 Å². The number of hydrogen-bond donors (Lipinski definition) is 0. The fourth-order valence-corrected chi connectivity index (χ4v) is 6.22. The summed E-state index contributed by atoms with van der Waals surface area (Å²) < 4.78 is 54.5. The van der Waals surface area contributed by atoms with Gasteiger partial charge in [0.05, 0.1) is 16.5 Å². The van der Waals surface area contributed by atoms with Crippen molar-refractivity contribution in [3.8, 4) is 11.8 Å². The Labute approximate surface area is 215 Å². The van der Waals surface area contributed by atoms with Gasteiger partial charge in [-0.15, -0.1) is 11.6 Å². The predicted octanol–water partition coefficient (Wildman–Crippen LogP) is 5.32. The van der Waals surface area contributed by atoms with E-state index < -0.39 is 57.1 Å². The fraction of sp³-hybridized carbons (Fsp3) is 0.370. The molecule has 192 valence electrons. The van der Waals surface area contributed by atoms with Gasteiger partial charge >= 0.3 is 18.2 Å². The highest BCUT2D eigenvalue weighted by molar-refractivity contribution is 6.28. The first-order valence-electron chi connectivity index (χ1n) is 11.4. The average molecular weight is 532 g/mol. The van der Waals surface area contributed by atoms with Gasteiger partial charge < -0.3 is 9.47 Å². The Kier molecular flexibility index (Phi) is 5.27. The topological polar surface area (TPSA) is 72.9 Å². The quantitative estimate of drug-likeness (QED) is 0.283. The molecule has 3 aliphatic rings. The second kappa shape index (κ2) is 7.75. The molecule has 2 bridgehead atoms. The van der Waals surface area contributed by atoms with E-state index in [0.29, 0.717) is 4.90 Å². The van der Waals surface area contributed by atoms with Gasteiger partial charge in [-0.1, -0.05) is 56.2 Å². The number of ether oxygens (including phenoxy) is 2. The van der Waals surface area contributed by atoms with Crippen LogP contribution in [-0.4, -0.2) is 35.1 Å². The molecular formula is C27H21ClF3NO5. The third-order valence-electron chi connectivity index (χ3n) is 8.06. The molecular weight excluding hydrogens is 511 g/mol. The molecule has 0 N–H and O–H groups in total. The molecule has 10 heteroatoms. The number of hydrogen-bond acceptors (Lipinski definition) is 5. The number of alkyl halides is 4. The molecule has 2 aromatic rings. The van der Waals surface area contributed by atoms with E-state index in [-0.39, 0.29) is 17.7 Å². The highest BCUT2D eigenvalue weighted by Gasteiger charge is 2.81. The smallest absolute Gasteiger partial charge is 0.445 e. The summed E-state index contributed by atoms with van der Waals surface area (Å²) in [5.74, 6) is 2.81. The van der Waals surface area contributed by atoms with E-state index in [1.807, 2.05) is 0 Å². The minimum atomic E-state index is -5.16. The number of benzene rings is 2. The molecule has 1 aliphatic carbocycles. The molecule has 6 nitrogen and oxygen atoms in total. The molecule has 4 atom stereocenters. The Balaban J connectivity index is 1.69. The molecule has 1 saturated carbocycles. The number of imide groups is 1. The molecule has 0 spiro atoms. The number of rotatable bonds is 1. The largest absolute Gasteiger partial charge is 0.446 e. The molecule has 2 aliphatic heterocycles. The number of anilines is 1. The first-order chi connectivity index (χ1) is 17.2. The van der Waals surface area contributed by atoms with Crippen molar-refractivity contribution in [2.24, 2.45) is 10.8 Å². The van der Waals surface area contributed by atoms with Crippen molar-refractivity contribution in [3.05, 3.63) is 65.7 Å². The zero-order valence-electron chi connectivity index (χ0n) is 20.0. The lowest BCUT2D eigenvalue weighted by atomic mass is 9.66. The molecule has 1 saturated heterocycles. The number of carbonyl (C=O) groups excluding carboxylic acids is 3. The van der Waals surface area contributed by atoms with E-state index in [1.165, 1.54) is 30.3 Å². The van der Waals surface area contributed by atoms with Gasteiger partial charge in [-0.05, 0) is 37.5 Å². The summed E-state index contributed by atoms with van der Waals surface area (Å²) in [4.78, 5) is 40.6. The van der Waals surface area contributed by atoms with Gasteiger partial charge in [-0.2, -0.15) is 13.2 Å². The molecule has 2 amide bonds. The summed E-state index contributed by atoms with van der Waals surface area (Å²) in [6.07, 6.45) is -6.67. The Morgan fingerprint density at radius 3 is 2.24 bits per heavy atom. The zero-order chi connectivity index (χ0) is 27.0. The van der Waals surface area contributed by atoms with E-state index in [2.05, 4.69) is 11.8 Å². The third-order valence-corrected chi connectivity index (χ3v) is 8.53. The van der Waals surface area contributed by atoms with Crippen molar-refractivity contribution in [1.29, 1.82) is 0 Å². The Morgan fingerprint density at radius 1 is 1.03 bits per heavy atom. The van der Waals surface area contributed by atoms with E-state index in [4.69, 9.17) is 21.1 Å². The summed E-state index contributed by atoms with van der Waals surface area (Å²) in [5.41, 5.74) is -8.32. The van der Waals surface area contributed by atoms with Crippen LogP contribution in [0.3, 0.4) is 0 Å². The van der Waals surface area contributed by atoms with Crippen LogP contribution < -0.4 is 4.90 Å². The fourth-order valence-electron chi connectivity index (χ4n) is 5.50. The number of fused-ring (bicyclic) bond motifs is 3. The van der Waals surface area contributed by atoms with Crippen LogP contribution in [0.15, 0.2) is 54.6 Å². The van der Waals surface area contributed by atoms with Gasteiger partial charge in [0.2, 0.25) is 5.60 Å². The summed E-state index contributed by atoms with van der Waals surface area (Å²) >= 11 is 6.56. The lowest BCUT2D eigenvalue weighted by molar-refractivity contribution is -0.240. The van der Waals surface area contributed by atoms with Crippen LogP contribution in [0.5, 0.6) is 0 Å². The molecule has 5 rings (SSSR count). The monoisotopic (exact) mass is 531 g/mol. The standard InChI is InChI=1S/C27H21ClF3NO5/c1-23(2)24(3)15-19(28)26(23,36-21(24)34)20(33)32-18-12-8-7-11-17(18)25(27(29,30)31,37-22(32)35)14-13-16-9-5-4-6-10-16/h4-12,19H,15H2,1-3H3/t19?,24?,25?,26-/m1/s1. The molecule has 0 aromatic heterocycles. The van der Waals surface area contributed by atoms with Crippen LogP contribution in [-0.2, 0) is 24.7 Å². The number of halogens is 4. The lowest BCUT2D eigenvalue weighted by Crippen LogP contribution is -2.63. The highest BCUT2D eigenvalue weighted by atomic mass is 35.5. The number of para-hydroxylation sites is 1. The van der Waals surface area contributed by atoms with E-state index in [9.17, 15) is 27.6 Å². The van der Waals surface area contributed by atoms with Crippen LogP contribution in [0.2, 0.25) is 0 Å². The van der Waals surface area contributed by atoms with Crippen molar-refractivity contribution < 1.29 is 37.0 Å². The Bertz CT molecular complexity index is 1400. The maximum atomic E-state index is 14.6. The summed E-state index contributed by atoms with van der Waals surface area (Å²) in [6, 6.07) is 12.9. The second-order valence-corrected chi connectivity index (χ2v) is 10.6. The minimum absolute atomic E-state index is 0.0890. The number of esters is 1. The van der Waals surface area contributed by atoms with E-state index >= 15 is 0 Å². The second-order valence-electron chi connectivity index (χ2n) is 10.1. The SMILES string of the molecule is CC12CC(Cl)[C@](C(=O)N3C(=O)OC(C#Cc4ccccc4)(C(F)(F)F)c4ccccc43)(OC1=O)C2(C)C. The maximum Gasteiger partial charge on any atom is 0.445 e. The number of cyclic esters (lactones) is 1. The first-order valence-corrected chi connectivity index (χ1v) is 11.9. The first kappa shape index (κ1) is 25.2. The lowest BCUT2D eigenvalue weighted by Gasteiger charge is -2.44. The van der Waals surface area contributed by atoms with Gasteiger partial charge in [-0.25, -0.2) is 9.69 Å². The summed E-state index contributed by atoms with van der Waals surface area (Å²) in [6.45, 7) is 4.85. The normalized spacial score (nSPS) is 31.6. The Hall–Kier alpha value is -3.51. The average Bonchev–Trinajstić information content (AvgIpc) is 3.09. The molecule has 2 heterocycles. The summed E-state index contributed by atoms with van der Waals surface area (Å²) in [5, 5.41) is -1.02. The molecule has 37 heavy (non-hydrogen) atoms. The van der Waals surface area contributed by atoms with Crippen molar-refractivity contribution in [2.75, 3.05) is 4.90 Å². The summed E-state index contributed by atoms with van der Waals surface area (Å²) in [7, 11) is 0. The number of nitrogens with zero attached hydrogens (tertiary/aromatic N) is 1. The number of amides is 2. The van der Waals surface area contributed by atoms with Crippen molar-refractivity contribution in [3.63, 3.8) is 0 Å². The zero-order valence-corrected chi connectivity index (χ0v) is 20.7.